The van der Waals surface area contributed by atoms with Crippen molar-refractivity contribution in [3.05, 3.63) is 165 Å². The van der Waals surface area contributed by atoms with Crippen LogP contribution in [0.1, 0.15) is 22.3 Å². The predicted octanol–water partition coefficient (Wildman–Crippen LogP) is 8.14. The third-order valence-electron chi connectivity index (χ3n) is 6.92. The van der Waals surface area contributed by atoms with E-state index in [0.717, 1.165) is 4.47 Å². The summed E-state index contributed by atoms with van der Waals surface area (Å²) in [4.78, 5) is 0. The highest BCUT2D eigenvalue weighted by molar-refractivity contribution is 9.10. The molecule has 0 spiro atoms. The normalized spacial score (nSPS) is 12.8. The monoisotopic (exact) mass is 524 g/mol. The van der Waals surface area contributed by atoms with Gasteiger partial charge in [-0.15, -0.1) is 0 Å². The van der Waals surface area contributed by atoms with E-state index in [9.17, 15) is 0 Å². The van der Waals surface area contributed by atoms with Crippen LogP contribution in [-0.4, -0.2) is 0 Å². The van der Waals surface area contributed by atoms with E-state index in [0.29, 0.717) is 0 Å². The summed E-state index contributed by atoms with van der Waals surface area (Å²) in [6.45, 7) is 2.20. The molecule has 0 radical (unpaired) electrons. The molecule has 6 aromatic rings. The number of rotatable bonds is 3. The van der Waals surface area contributed by atoms with E-state index in [1.807, 2.05) is 0 Å². The average Bonchev–Trinajstić information content (AvgIpc) is 2.92. The van der Waals surface area contributed by atoms with Gasteiger partial charge >= 0.3 is 0 Å². The minimum atomic E-state index is 1.12. The largest absolute Gasteiger partial charge is 0.0620 e. The van der Waals surface area contributed by atoms with E-state index >= 15 is 0 Å². The first-order valence-corrected chi connectivity index (χ1v) is 13.0. The molecule has 0 atom stereocenters. The van der Waals surface area contributed by atoms with Crippen LogP contribution in [0.3, 0.4) is 0 Å². The quantitative estimate of drug-likeness (QED) is 0.219. The molecule has 0 aliphatic heterocycles. The van der Waals surface area contributed by atoms with Crippen molar-refractivity contribution in [2.45, 2.75) is 6.92 Å². The van der Waals surface area contributed by atoms with Crippen LogP contribution >= 0.6 is 15.9 Å². The maximum atomic E-state index is 3.73. The molecule has 0 heterocycles. The first-order valence-electron chi connectivity index (χ1n) is 12.2. The molecule has 172 valence electrons. The van der Waals surface area contributed by atoms with Crippen LogP contribution in [0.4, 0.5) is 0 Å². The molecule has 0 N–H and O–H groups in total. The van der Waals surface area contributed by atoms with Crippen molar-refractivity contribution in [3.63, 3.8) is 0 Å². The Labute approximate surface area is 220 Å². The Morgan fingerprint density at radius 1 is 0.556 bits per heavy atom. The Kier molecular flexibility index (Phi) is 6.01. The number of benzene rings is 6. The second-order valence-electron chi connectivity index (χ2n) is 9.13. The Morgan fingerprint density at radius 3 is 2.06 bits per heavy atom. The summed E-state index contributed by atoms with van der Waals surface area (Å²) in [5, 5.41) is 7.42. The standard InChI is InChI=1S/C35H25Br/c1-24-11-2-5-15-28(24)35(33-20-10-14-25-12-3-6-16-29(25)33)31-18-7-4-13-26(31)23-27-21-22-34(36)32-19-9-8-17-30(27)32/h2-23H,1H3/b26-23+,35-31+. The first kappa shape index (κ1) is 22.5. The van der Waals surface area contributed by atoms with Gasteiger partial charge in [0.15, 0.2) is 0 Å². The molecule has 36 heavy (non-hydrogen) atoms. The molecule has 0 aliphatic carbocycles. The molecule has 0 aromatic heterocycles. The summed E-state index contributed by atoms with van der Waals surface area (Å²) < 4.78 is 1.12. The molecule has 0 fully saturated rings. The lowest BCUT2D eigenvalue weighted by atomic mass is 9.88. The number of aryl methyl sites for hydroxylation is 1. The molecule has 6 rings (SSSR count). The van der Waals surface area contributed by atoms with Crippen molar-refractivity contribution in [1.82, 2.24) is 0 Å². The minimum Gasteiger partial charge on any atom is -0.0620 e. The van der Waals surface area contributed by atoms with Crippen LogP contribution in [0.15, 0.2) is 132 Å². The fourth-order valence-electron chi connectivity index (χ4n) is 5.16. The van der Waals surface area contributed by atoms with Crippen molar-refractivity contribution in [3.8, 4) is 0 Å². The summed E-state index contributed by atoms with van der Waals surface area (Å²) >= 11 is 3.73. The lowest BCUT2D eigenvalue weighted by molar-refractivity contribution is 1.39. The summed E-state index contributed by atoms with van der Waals surface area (Å²) in [7, 11) is 0. The fraction of sp³-hybridized carbons (Fsp3) is 0.0286. The molecule has 0 aliphatic rings. The molecular formula is C35H25Br. The van der Waals surface area contributed by atoms with Gasteiger partial charge in [0.1, 0.15) is 0 Å². The predicted molar refractivity (Wildman–Crippen MR) is 158 cm³/mol. The minimum absolute atomic E-state index is 1.12. The number of hydrogen-bond donors (Lipinski definition) is 0. The Bertz CT molecular complexity index is 1860. The molecule has 0 unspecified atom stereocenters. The van der Waals surface area contributed by atoms with Gasteiger partial charge in [0.25, 0.3) is 0 Å². The Balaban J connectivity index is 1.77. The maximum Gasteiger partial charge on any atom is 0.0254 e. The van der Waals surface area contributed by atoms with Crippen LogP contribution in [-0.2, 0) is 0 Å². The zero-order chi connectivity index (χ0) is 24.5. The van der Waals surface area contributed by atoms with E-state index < -0.39 is 0 Å². The van der Waals surface area contributed by atoms with Crippen LogP contribution in [0, 0.1) is 6.92 Å². The van der Waals surface area contributed by atoms with Crippen molar-refractivity contribution >= 4 is 49.1 Å². The van der Waals surface area contributed by atoms with Crippen molar-refractivity contribution in [1.29, 1.82) is 0 Å². The number of fused-ring (bicyclic) bond motifs is 2. The van der Waals surface area contributed by atoms with E-state index in [1.54, 1.807) is 0 Å². The highest BCUT2D eigenvalue weighted by Crippen LogP contribution is 2.30. The van der Waals surface area contributed by atoms with Gasteiger partial charge in [0, 0.05) is 4.47 Å². The molecular weight excluding hydrogens is 500 g/mol. The van der Waals surface area contributed by atoms with Crippen LogP contribution in [0.5, 0.6) is 0 Å². The van der Waals surface area contributed by atoms with Crippen molar-refractivity contribution < 1.29 is 0 Å². The molecule has 0 nitrogen and oxygen atoms in total. The maximum absolute atomic E-state index is 3.73. The third-order valence-corrected chi connectivity index (χ3v) is 7.61. The molecule has 0 saturated carbocycles. The smallest absolute Gasteiger partial charge is 0.0254 e. The SMILES string of the molecule is Cc1ccccc1/C(c1cccc2ccccc12)=c1/cccc/c1=C\c1ccc(Br)c2ccccc12. The van der Waals surface area contributed by atoms with Gasteiger partial charge in [0.2, 0.25) is 0 Å². The molecule has 0 saturated heterocycles. The van der Waals surface area contributed by atoms with Crippen molar-refractivity contribution in [2.24, 2.45) is 0 Å². The lowest BCUT2D eigenvalue weighted by Crippen LogP contribution is -2.28. The van der Waals surface area contributed by atoms with Crippen LogP contribution in [0.2, 0.25) is 0 Å². The van der Waals surface area contributed by atoms with Gasteiger partial charge < -0.3 is 0 Å². The van der Waals surface area contributed by atoms with E-state index in [-0.39, 0.29) is 0 Å². The third kappa shape index (κ3) is 4.06. The summed E-state index contributed by atoms with van der Waals surface area (Å²) in [6, 6.07) is 45.7. The summed E-state index contributed by atoms with van der Waals surface area (Å²) in [5.41, 5.74) is 6.25. The molecule has 6 aromatic carbocycles. The second-order valence-corrected chi connectivity index (χ2v) is 9.98. The topological polar surface area (TPSA) is 0 Å². The highest BCUT2D eigenvalue weighted by Gasteiger charge is 2.13. The van der Waals surface area contributed by atoms with Crippen molar-refractivity contribution in [2.75, 3.05) is 0 Å². The molecule has 0 amide bonds. The highest BCUT2D eigenvalue weighted by atomic mass is 79.9. The van der Waals surface area contributed by atoms with Gasteiger partial charge in [-0.05, 0) is 78.9 Å². The van der Waals surface area contributed by atoms with Gasteiger partial charge in [0.05, 0.1) is 0 Å². The van der Waals surface area contributed by atoms with E-state index in [4.69, 9.17) is 0 Å². The fourth-order valence-corrected chi connectivity index (χ4v) is 5.64. The van der Waals surface area contributed by atoms with Crippen LogP contribution < -0.4 is 10.4 Å². The average molecular weight is 525 g/mol. The Hall–Kier alpha value is -3.94. The van der Waals surface area contributed by atoms with E-state index in [2.05, 4.69) is 156 Å². The first-order chi connectivity index (χ1) is 17.7. The molecule has 1 heteroatoms. The zero-order valence-electron chi connectivity index (χ0n) is 20.1. The summed E-state index contributed by atoms with van der Waals surface area (Å²) in [5.74, 6) is 0. The number of halogens is 1. The molecule has 0 bridgehead atoms. The zero-order valence-corrected chi connectivity index (χ0v) is 21.7. The van der Waals surface area contributed by atoms with Gasteiger partial charge in [-0.3, -0.25) is 0 Å². The van der Waals surface area contributed by atoms with Gasteiger partial charge in [-0.25, -0.2) is 0 Å². The lowest BCUT2D eigenvalue weighted by Gasteiger charge is -2.15. The van der Waals surface area contributed by atoms with E-state index in [1.165, 1.54) is 59.8 Å². The second kappa shape index (κ2) is 9.60. The van der Waals surface area contributed by atoms with Crippen LogP contribution in [0.25, 0.3) is 33.2 Å². The van der Waals surface area contributed by atoms with Gasteiger partial charge in [-0.2, -0.15) is 0 Å². The number of hydrogen-bond acceptors (Lipinski definition) is 0. The summed E-state index contributed by atoms with van der Waals surface area (Å²) in [6.07, 6.45) is 2.33. The van der Waals surface area contributed by atoms with Gasteiger partial charge in [-0.1, -0.05) is 137 Å². The Morgan fingerprint density at radius 2 is 1.19 bits per heavy atom.